The van der Waals surface area contributed by atoms with Crippen molar-refractivity contribution in [1.82, 2.24) is 9.80 Å². The second kappa shape index (κ2) is 6.59. The molecule has 0 unspecified atom stereocenters. The lowest BCUT2D eigenvalue weighted by molar-refractivity contribution is -0.139. The maximum Gasteiger partial charge on any atom is 0.267 e. The molecule has 6 nitrogen and oxygen atoms in total. The van der Waals surface area contributed by atoms with Crippen LogP contribution in [0.3, 0.4) is 0 Å². The summed E-state index contributed by atoms with van der Waals surface area (Å²) in [6.07, 6.45) is 2.36. The van der Waals surface area contributed by atoms with E-state index in [2.05, 4.69) is 6.58 Å². The predicted molar refractivity (Wildman–Crippen MR) is 102 cm³/mol. The first-order valence-electron chi connectivity index (χ1n) is 8.49. The van der Waals surface area contributed by atoms with E-state index in [1.54, 1.807) is 60.7 Å². The SMILES string of the molecule is C=C(N1C(=O)C=C(c2ccccc2)C1=O)N1C(=O)C=C(c2ccccc2)C1=O. The molecule has 0 spiro atoms. The van der Waals surface area contributed by atoms with Crippen LogP contribution in [-0.4, -0.2) is 33.4 Å². The van der Waals surface area contributed by atoms with Crippen LogP contribution >= 0.6 is 0 Å². The zero-order valence-corrected chi connectivity index (χ0v) is 14.7. The van der Waals surface area contributed by atoms with E-state index < -0.39 is 23.6 Å². The van der Waals surface area contributed by atoms with Gasteiger partial charge in [0.1, 0.15) is 5.82 Å². The van der Waals surface area contributed by atoms with Crippen molar-refractivity contribution >= 4 is 34.8 Å². The van der Waals surface area contributed by atoms with Gasteiger partial charge in [0.05, 0.1) is 11.1 Å². The smallest absolute Gasteiger partial charge is 0.267 e. The van der Waals surface area contributed by atoms with Crippen molar-refractivity contribution < 1.29 is 19.2 Å². The molecule has 0 radical (unpaired) electrons. The molecule has 0 saturated carbocycles. The minimum atomic E-state index is -0.650. The van der Waals surface area contributed by atoms with Gasteiger partial charge in [-0.2, -0.15) is 0 Å². The third kappa shape index (κ3) is 2.68. The molecule has 6 heteroatoms. The van der Waals surface area contributed by atoms with E-state index in [0.29, 0.717) is 11.1 Å². The molecule has 0 saturated heterocycles. The van der Waals surface area contributed by atoms with Gasteiger partial charge in [0.15, 0.2) is 0 Å². The summed E-state index contributed by atoms with van der Waals surface area (Å²) < 4.78 is 0. The van der Waals surface area contributed by atoms with E-state index in [1.807, 2.05) is 0 Å². The third-order valence-corrected chi connectivity index (χ3v) is 4.53. The summed E-state index contributed by atoms with van der Waals surface area (Å²) >= 11 is 0. The molecule has 2 aromatic rings. The minimum absolute atomic E-state index is 0.182. The van der Waals surface area contributed by atoms with E-state index in [0.717, 1.165) is 9.80 Å². The quantitative estimate of drug-likeness (QED) is 0.775. The average Bonchev–Trinajstić information content (AvgIpc) is 3.17. The fraction of sp³-hybridized carbons (Fsp3) is 0. The van der Waals surface area contributed by atoms with E-state index in [9.17, 15) is 19.2 Å². The van der Waals surface area contributed by atoms with Crippen LogP contribution in [0.25, 0.3) is 11.1 Å². The van der Waals surface area contributed by atoms with Gasteiger partial charge in [-0.15, -0.1) is 0 Å². The van der Waals surface area contributed by atoms with Gasteiger partial charge in [0.2, 0.25) is 0 Å². The van der Waals surface area contributed by atoms with Gasteiger partial charge in [-0.05, 0) is 11.1 Å². The molecule has 0 N–H and O–H groups in total. The summed E-state index contributed by atoms with van der Waals surface area (Å²) in [6, 6.07) is 17.4. The lowest BCUT2D eigenvalue weighted by Gasteiger charge is -2.24. The van der Waals surface area contributed by atoms with Crippen LogP contribution in [0.15, 0.2) is 85.2 Å². The molecule has 2 aromatic carbocycles. The molecular formula is C22H14N2O4. The molecule has 4 rings (SSSR count). The number of hydrogen-bond acceptors (Lipinski definition) is 4. The highest BCUT2D eigenvalue weighted by Gasteiger charge is 2.41. The average molecular weight is 370 g/mol. The largest absolute Gasteiger partial charge is 0.269 e. The van der Waals surface area contributed by atoms with Gasteiger partial charge in [-0.1, -0.05) is 67.2 Å². The number of nitrogens with zero attached hydrogens (tertiary/aromatic N) is 2. The summed E-state index contributed by atoms with van der Waals surface area (Å²) in [7, 11) is 0. The lowest BCUT2D eigenvalue weighted by atomic mass is 10.1. The number of hydrogen-bond donors (Lipinski definition) is 0. The highest BCUT2D eigenvalue weighted by atomic mass is 16.2. The van der Waals surface area contributed by atoms with Crippen LogP contribution in [0.2, 0.25) is 0 Å². The highest BCUT2D eigenvalue weighted by Crippen LogP contribution is 2.31. The summed E-state index contributed by atoms with van der Waals surface area (Å²) in [6.45, 7) is 3.68. The maximum atomic E-state index is 12.8. The Bertz CT molecular complexity index is 1010. The van der Waals surface area contributed by atoms with E-state index in [1.165, 1.54) is 12.2 Å². The van der Waals surface area contributed by atoms with Gasteiger partial charge in [0.25, 0.3) is 23.6 Å². The number of imide groups is 2. The van der Waals surface area contributed by atoms with Crippen LogP contribution in [0, 0.1) is 0 Å². The van der Waals surface area contributed by atoms with Crippen LogP contribution < -0.4 is 0 Å². The zero-order valence-electron chi connectivity index (χ0n) is 14.7. The lowest BCUT2D eigenvalue weighted by Crippen LogP contribution is -2.42. The molecule has 136 valence electrons. The number of amides is 4. The Morgan fingerprint density at radius 1 is 0.607 bits per heavy atom. The van der Waals surface area contributed by atoms with Crippen molar-refractivity contribution in [2.45, 2.75) is 0 Å². The molecule has 4 amide bonds. The van der Waals surface area contributed by atoms with Crippen LogP contribution in [0.4, 0.5) is 0 Å². The first-order chi connectivity index (χ1) is 13.5. The Balaban J connectivity index is 1.61. The number of carbonyl (C=O) groups is 4. The normalized spacial score (nSPS) is 16.6. The minimum Gasteiger partial charge on any atom is -0.269 e. The van der Waals surface area contributed by atoms with Gasteiger partial charge in [0, 0.05) is 12.2 Å². The van der Waals surface area contributed by atoms with Gasteiger partial charge in [-0.25, -0.2) is 9.80 Å². The molecule has 2 aliphatic rings. The summed E-state index contributed by atoms with van der Waals surface area (Å²) in [5, 5.41) is 0. The van der Waals surface area contributed by atoms with Gasteiger partial charge >= 0.3 is 0 Å². The van der Waals surface area contributed by atoms with E-state index in [-0.39, 0.29) is 17.0 Å². The third-order valence-electron chi connectivity index (χ3n) is 4.53. The summed E-state index contributed by atoms with van der Waals surface area (Å²) in [5.41, 5.74) is 1.50. The predicted octanol–water partition coefficient (Wildman–Crippen LogP) is 2.36. The number of carbonyl (C=O) groups excluding carboxylic acids is 4. The topological polar surface area (TPSA) is 74.8 Å². The van der Waals surface area contributed by atoms with Crippen molar-refractivity contribution in [2.75, 3.05) is 0 Å². The molecule has 2 heterocycles. The fourth-order valence-electron chi connectivity index (χ4n) is 3.18. The monoisotopic (exact) mass is 370 g/mol. The van der Waals surface area contributed by atoms with Crippen LogP contribution in [0.1, 0.15) is 11.1 Å². The van der Waals surface area contributed by atoms with Gasteiger partial charge < -0.3 is 0 Å². The molecule has 28 heavy (non-hydrogen) atoms. The molecule has 2 aliphatic heterocycles. The standard InChI is InChI=1S/C22H14N2O4/c1-14(23-19(25)12-17(21(23)27)15-8-4-2-5-9-15)24-20(26)13-18(22(24)28)16-10-6-3-7-11-16/h2-13H,1H2. The zero-order chi connectivity index (χ0) is 19.8. The van der Waals surface area contributed by atoms with Crippen molar-refractivity contribution in [2.24, 2.45) is 0 Å². The molecule has 0 atom stereocenters. The van der Waals surface area contributed by atoms with Crippen molar-refractivity contribution in [3.63, 3.8) is 0 Å². The number of rotatable bonds is 4. The van der Waals surface area contributed by atoms with Gasteiger partial charge in [-0.3, -0.25) is 19.2 Å². The molecule has 0 bridgehead atoms. The molecule has 0 aromatic heterocycles. The van der Waals surface area contributed by atoms with Crippen LogP contribution in [-0.2, 0) is 19.2 Å². The Morgan fingerprint density at radius 3 is 1.32 bits per heavy atom. The molecular weight excluding hydrogens is 356 g/mol. The van der Waals surface area contributed by atoms with Crippen molar-refractivity contribution in [1.29, 1.82) is 0 Å². The second-order valence-corrected chi connectivity index (χ2v) is 6.22. The Labute approximate surface area is 160 Å². The fourth-order valence-corrected chi connectivity index (χ4v) is 3.18. The molecule has 0 aliphatic carbocycles. The van der Waals surface area contributed by atoms with Crippen LogP contribution in [0.5, 0.6) is 0 Å². The van der Waals surface area contributed by atoms with Crippen molar-refractivity contribution in [3.8, 4) is 0 Å². The Hall–Kier alpha value is -4.06. The summed E-state index contributed by atoms with van der Waals surface area (Å²) in [4.78, 5) is 51.9. The first kappa shape index (κ1) is 17.4. The Morgan fingerprint density at radius 2 is 0.964 bits per heavy atom. The Kier molecular flexibility index (Phi) is 4.08. The second-order valence-electron chi connectivity index (χ2n) is 6.22. The summed E-state index contributed by atoms with van der Waals surface area (Å²) in [5.74, 6) is -2.84. The maximum absolute atomic E-state index is 12.8. The number of benzene rings is 2. The first-order valence-corrected chi connectivity index (χ1v) is 8.49. The highest BCUT2D eigenvalue weighted by molar-refractivity contribution is 6.37. The molecule has 0 fully saturated rings. The van der Waals surface area contributed by atoms with E-state index >= 15 is 0 Å². The van der Waals surface area contributed by atoms with Crippen molar-refractivity contribution in [3.05, 3.63) is 96.3 Å². The van der Waals surface area contributed by atoms with E-state index in [4.69, 9.17) is 0 Å².